The van der Waals surface area contributed by atoms with Crippen LogP contribution in [0.2, 0.25) is 0 Å². The van der Waals surface area contributed by atoms with Crippen LogP contribution in [-0.4, -0.2) is 60.8 Å². The van der Waals surface area contributed by atoms with E-state index < -0.39 is 6.10 Å². The van der Waals surface area contributed by atoms with E-state index >= 15 is 0 Å². The lowest BCUT2D eigenvalue weighted by Crippen LogP contribution is -2.50. The summed E-state index contributed by atoms with van der Waals surface area (Å²) in [5, 5.41) is 31.4. The van der Waals surface area contributed by atoms with Gasteiger partial charge in [0.15, 0.2) is 11.7 Å². The minimum Gasteiger partial charge on any atom is -0.508 e. The maximum Gasteiger partial charge on any atom is 0.188 e. The standard InChI is InChI=1S/C41H51N5O3S2/c1-5-8-31-12-14-36(50-31)37-15-16-38(51-37)39(49)33-13-11-27-21-41(33)20-26(29(22-41)24-44-6-2)9-7-10-32-28(18-34(27)46-40(42)43-4)17-30(48)19-35(32)45-23-25(3)47/h12,14-17,19,25-27,29,33-34,44-45,47-48H,6,9,11,13,18,20-24H2,1-4H3,(H3,42,43,46)/t25-,26+,27+,29-,33+,34-,41-/m0/s1. The molecule has 2 aromatic heterocycles. The zero-order valence-electron chi connectivity index (χ0n) is 30.1. The van der Waals surface area contributed by atoms with Gasteiger partial charge < -0.3 is 31.9 Å². The molecule has 0 unspecified atom stereocenters. The van der Waals surface area contributed by atoms with Crippen LogP contribution < -0.4 is 21.7 Å². The molecular formula is C41H51N5O3S2. The molecule has 7 N–H and O–H groups in total. The number of carbonyl (C=O) groups is 1. The molecule has 0 aliphatic heterocycles. The molecule has 7 atom stereocenters. The quantitative estimate of drug-likeness (QED) is 0.0612. The fourth-order valence-corrected chi connectivity index (χ4v) is 10.9. The van der Waals surface area contributed by atoms with Crippen molar-refractivity contribution in [1.82, 2.24) is 10.6 Å². The van der Waals surface area contributed by atoms with Gasteiger partial charge in [0.2, 0.25) is 0 Å². The van der Waals surface area contributed by atoms with Gasteiger partial charge in [-0.1, -0.05) is 24.7 Å². The molecule has 3 aromatic rings. The van der Waals surface area contributed by atoms with Crippen molar-refractivity contribution >= 4 is 40.1 Å². The molecule has 3 aliphatic rings. The van der Waals surface area contributed by atoms with Gasteiger partial charge in [-0.05, 0) is 125 Å². The highest BCUT2D eigenvalue weighted by atomic mass is 32.1. The number of rotatable bonds is 10. The van der Waals surface area contributed by atoms with Gasteiger partial charge in [-0.25, -0.2) is 0 Å². The van der Waals surface area contributed by atoms with Crippen molar-refractivity contribution in [1.29, 1.82) is 0 Å². The zero-order valence-corrected chi connectivity index (χ0v) is 31.8. The first kappa shape index (κ1) is 37.0. The molecule has 270 valence electrons. The van der Waals surface area contributed by atoms with Crippen LogP contribution in [0.5, 0.6) is 5.75 Å². The zero-order chi connectivity index (χ0) is 36.1. The normalized spacial score (nSPS) is 26.3. The number of hydrogen-bond acceptors (Lipinski definition) is 8. The second kappa shape index (κ2) is 16.3. The van der Waals surface area contributed by atoms with E-state index in [0.717, 1.165) is 87.9 Å². The number of aliphatic hydroxyl groups excluding tert-OH is 1. The average molecular weight is 726 g/mol. The van der Waals surface area contributed by atoms with Crippen molar-refractivity contribution in [2.45, 2.75) is 77.9 Å². The molecular weight excluding hydrogens is 675 g/mol. The Bertz CT molecular complexity index is 1870. The summed E-state index contributed by atoms with van der Waals surface area (Å²) in [5.74, 6) is 14.9. The predicted molar refractivity (Wildman–Crippen MR) is 210 cm³/mol. The Morgan fingerprint density at radius 1 is 1.14 bits per heavy atom. The molecule has 10 heteroatoms. The van der Waals surface area contributed by atoms with Gasteiger partial charge in [-0.3, -0.25) is 9.79 Å². The molecule has 0 saturated heterocycles. The summed E-state index contributed by atoms with van der Waals surface area (Å²) in [6.07, 6.45) is 5.32. The van der Waals surface area contributed by atoms with E-state index in [4.69, 9.17) is 5.73 Å². The van der Waals surface area contributed by atoms with Crippen molar-refractivity contribution < 1.29 is 15.0 Å². The SMILES string of the molecule is CC#Cc1ccc(-c2ccc(C(=O)[C@H]3CC[C@@H]4C[C@]35C[C@@H](CC#Cc3c(cc(O)cc3NC[C@H](C)O)C[C@@H]4NC(N)=NC)[C@H](CNCC)C5)s2)s1. The number of nitrogens with one attached hydrogen (secondary N) is 3. The summed E-state index contributed by atoms with van der Waals surface area (Å²) in [6.45, 7) is 7.88. The first-order valence-corrected chi connectivity index (χ1v) is 19.9. The van der Waals surface area contributed by atoms with Crippen molar-refractivity contribution in [3.05, 3.63) is 57.3 Å². The molecule has 0 radical (unpaired) electrons. The van der Waals surface area contributed by atoms with Gasteiger partial charge >= 0.3 is 0 Å². The van der Waals surface area contributed by atoms with Crippen LogP contribution in [0, 0.1) is 52.8 Å². The topological polar surface area (TPSA) is 132 Å². The molecule has 2 fully saturated rings. The summed E-state index contributed by atoms with van der Waals surface area (Å²) in [7, 11) is 1.69. The van der Waals surface area contributed by atoms with Crippen molar-refractivity contribution in [3.8, 4) is 39.2 Å². The van der Waals surface area contributed by atoms with Crippen molar-refractivity contribution in [2.75, 3.05) is 32.0 Å². The van der Waals surface area contributed by atoms with Gasteiger partial charge in [0.1, 0.15) is 5.75 Å². The fourth-order valence-electron chi connectivity index (χ4n) is 8.85. The van der Waals surface area contributed by atoms with E-state index in [1.165, 1.54) is 0 Å². The summed E-state index contributed by atoms with van der Waals surface area (Å²) >= 11 is 3.28. The maximum absolute atomic E-state index is 14.7. The Kier molecular flexibility index (Phi) is 11.8. The third-order valence-electron chi connectivity index (χ3n) is 11.1. The van der Waals surface area contributed by atoms with Crippen LogP contribution in [0.4, 0.5) is 5.69 Å². The van der Waals surface area contributed by atoms with E-state index in [2.05, 4.69) is 69.7 Å². The number of Topliss-reactive ketones (excluding diaryl/α,β-unsaturated/α-hetero) is 1. The van der Waals surface area contributed by atoms with Gasteiger partial charge in [-0.15, -0.1) is 28.6 Å². The highest BCUT2D eigenvalue weighted by Gasteiger charge is 2.55. The van der Waals surface area contributed by atoms with Crippen LogP contribution in [-0.2, 0) is 6.42 Å². The van der Waals surface area contributed by atoms with E-state index in [-0.39, 0.29) is 34.8 Å². The number of phenolic OH excluding ortho intramolecular Hbond substituents is 1. The first-order chi connectivity index (χ1) is 24.6. The van der Waals surface area contributed by atoms with E-state index in [0.29, 0.717) is 30.8 Å². The smallest absolute Gasteiger partial charge is 0.188 e. The van der Waals surface area contributed by atoms with E-state index in [1.807, 2.05) is 19.1 Å². The van der Waals surface area contributed by atoms with E-state index in [9.17, 15) is 15.0 Å². The lowest BCUT2D eigenvalue weighted by atomic mass is 9.58. The number of aliphatic imine (C=N–C) groups is 1. The first-order valence-electron chi connectivity index (χ1n) is 18.3. The second-order valence-electron chi connectivity index (χ2n) is 14.6. The summed E-state index contributed by atoms with van der Waals surface area (Å²) in [5.41, 5.74) is 8.70. The molecule has 1 spiro atoms. The summed E-state index contributed by atoms with van der Waals surface area (Å²) < 4.78 is 0. The number of phenols is 1. The number of benzene rings is 1. The number of hydrogen-bond donors (Lipinski definition) is 6. The highest BCUT2D eigenvalue weighted by molar-refractivity contribution is 7.23. The number of nitrogens with two attached hydrogens (primary N) is 1. The molecule has 3 aliphatic carbocycles. The number of ketones is 1. The summed E-state index contributed by atoms with van der Waals surface area (Å²) in [4.78, 5) is 23.1. The number of thiophene rings is 2. The molecule has 8 nitrogen and oxygen atoms in total. The van der Waals surface area contributed by atoms with Crippen LogP contribution >= 0.6 is 22.7 Å². The fraction of sp³-hybridized carbons (Fsp3) is 0.512. The molecule has 2 heterocycles. The average Bonchev–Trinajstić information content (AvgIpc) is 3.86. The predicted octanol–water partition coefficient (Wildman–Crippen LogP) is 6.47. The third kappa shape index (κ3) is 8.31. The molecule has 2 saturated carbocycles. The Morgan fingerprint density at radius 3 is 2.69 bits per heavy atom. The van der Waals surface area contributed by atoms with Gasteiger partial charge in [-0.2, -0.15) is 0 Å². The van der Waals surface area contributed by atoms with Crippen LogP contribution in [0.3, 0.4) is 0 Å². The number of aromatic hydroxyl groups is 1. The molecule has 51 heavy (non-hydrogen) atoms. The Morgan fingerprint density at radius 2 is 1.92 bits per heavy atom. The molecule has 3 bridgehead atoms. The molecule has 0 amide bonds. The largest absolute Gasteiger partial charge is 0.508 e. The van der Waals surface area contributed by atoms with Crippen LogP contribution in [0.25, 0.3) is 9.75 Å². The minimum atomic E-state index is -0.557. The van der Waals surface area contributed by atoms with Gasteiger partial charge in [0.05, 0.1) is 27.1 Å². The lowest BCUT2D eigenvalue weighted by Gasteiger charge is -2.47. The molecule has 1 aromatic carbocycles. The van der Waals surface area contributed by atoms with Crippen molar-refractivity contribution in [3.63, 3.8) is 0 Å². The Labute approximate surface area is 310 Å². The third-order valence-corrected chi connectivity index (χ3v) is 13.4. The van der Waals surface area contributed by atoms with Crippen LogP contribution in [0.15, 0.2) is 41.4 Å². The Hall–Kier alpha value is -3.80. The lowest BCUT2D eigenvalue weighted by molar-refractivity contribution is 0.0377. The van der Waals surface area contributed by atoms with Gasteiger partial charge in [0.25, 0.3) is 0 Å². The highest BCUT2D eigenvalue weighted by Crippen LogP contribution is 2.60. The van der Waals surface area contributed by atoms with E-state index in [1.54, 1.807) is 42.7 Å². The van der Waals surface area contributed by atoms with Crippen LogP contribution in [0.1, 0.15) is 85.0 Å². The number of nitrogens with zero attached hydrogens (tertiary/aromatic N) is 1. The number of carbonyl (C=O) groups excluding carboxylic acids is 1. The molecule has 6 rings (SSSR count). The van der Waals surface area contributed by atoms with Gasteiger partial charge in [0, 0.05) is 47.8 Å². The second-order valence-corrected chi connectivity index (χ2v) is 16.8. The number of anilines is 1. The number of guanidine groups is 1. The monoisotopic (exact) mass is 725 g/mol. The maximum atomic E-state index is 14.7. The summed E-state index contributed by atoms with van der Waals surface area (Å²) in [6, 6.07) is 11.7. The number of aliphatic hydroxyl groups is 1. The number of fused-ring (bicyclic) bond motifs is 3. The minimum absolute atomic E-state index is 0.0689. The van der Waals surface area contributed by atoms with Crippen molar-refractivity contribution in [2.24, 2.45) is 39.8 Å². The Balaban J connectivity index is 1.39.